The van der Waals surface area contributed by atoms with E-state index in [0.29, 0.717) is 13.0 Å². The molecule has 1 heterocycles. The third-order valence-corrected chi connectivity index (χ3v) is 2.88. The minimum atomic E-state index is -0.0798. The average molecular weight is 263 g/mol. The largest absolute Gasteiger partial charge is 0.341 e. The molecule has 0 aliphatic rings. The van der Waals surface area contributed by atoms with Crippen LogP contribution in [-0.2, 0) is 11.3 Å². The standard InChI is InChI=1S/C15H25N3O/c1-15(2,3)9-13(16)8-14(19)18(4)11-12-6-5-7-17-10-12/h5-7,10,13H,8-9,11,16H2,1-4H3. The molecule has 106 valence electrons. The number of carbonyl (C=O) groups excluding carboxylic acids is 1. The maximum Gasteiger partial charge on any atom is 0.224 e. The monoisotopic (exact) mass is 263 g/mol. The topological polar surface area (TPSA) is 59.2 Å². The van der Waals surface area contributed by atoms with Crippen LogP contribution in [0.2, 0.25) is 0 Å². The Morgan fingerprint density at radius 1 is 1.47 bits per heavy atom. The molecule has 0 saturated carbocycles. The van der Waals surface area contributed by atoms with Crippen LogP contribution in [0.1, 0.15) is 39.2 Å². The first-order chi connectivity index (χ1) is 8.78. The van der Waals surface area contributed by atoms with E-state index in [9.17, 15) is 4.79 Å². The van der Waals surface area contributed by atoms with Crippen LogP contribution in [0.15, 0.2) is 24.5 Å². The van der Waals surface area contributed by atoms with E-state index < -0.39 is 0 Å². The molecule has 1 atom stereocenters. The second kappa shape index (κ2) is 6.66. The summed E-state index contributed by atoms with van der Waals surface area (Å²) in [5.41, 5.74) is 7.22. The number of nitrogens with zero attached hydrogens (tertiary/aromatic N) is 2. The summed E-state index contributed by atoms with van der Waals surface area (Å²) in [7, 11) is 1.80. The van der Waals surface area contributed by atoms with Gasteiger partial charge in [0.15, 0.2) is 0 Å². The summed E-state index contributed by atoms with van der Waals surface area (Å²) in [6.07, 6.45) is 4.75. The van der Waals surface area contributed by atoms with E-state index in [1.807, 2.05) is 12.1 Å². The van der Waals surface area contributed by atoms with Crippen LogP contribution in [0.3, 0.4) is 0 Å². The number of rotatable bonds is 5. The van der Waals surface area contributed by atoms with Crippen LogP contribution in [0, 0.1) is 5.41 Å². The van der Waals surface area contributed by atoms with Crippen molar-refractivity contribution in [1.82, 2.24) is 9.88 Å². The van der Waals surface area contributed by atoms with E-state index in [0.717, 1.165) is 12.0 Å². The highest BCUT2D eigenvalue weighted by atomic mass is 16.2. The molecule has 0 saturated heterocycles. The normalized spacial score (nSPS) is 13.1. The smallest absolute Gasteiger partial charge is 0.224 e. The molecule has 19 heavy (non-hydrogen) atoms. The Balaban J connectivity index is 2.45. The van der Waals surface area contributed by atoms with Crippen molar-refractivity contribution < 1.29 is 4.79 Å². The third-order valence-electron chi connectivity index (χ3n) is 2.88. The Bertz CT molecular complexity index is 398. The molecule has 1 unspecified atom stereocenters. The lowest BCUT2D eigenvalue weighted by atomic mass is 9.87. The Morgan fingerprint density at radius 2 is 2.16 bits per heavy atom. The zero-order valence-corrected chi connectivity index (χ0v) is 12.4. The average Bonchev–Trinajstić information content (AvgIpc) is 2.27. The molecule has 1 aromatic heterocycles. The maximum absolute atomic E-state index is 12.1. The first kappa shape index (κ1) is 15.6. The van der Waals surface area contributed by atoms with E-state index in [1.165, 1.54) is 0 Å². The minimum absolute atomic E-state index is 0.0798. The zero-order chi connectivity index (χ0) is 14.5. The van der Waals surface area contributed by atoms with E-state index in [-0.39, 0.29) is 17.4 Å². The van der Waals surface area contributed by atoms with Gasteiger partial charge in [-0.1, -0.05) is 26.8 Å². The van der Waals surface area contributed by atoms with Gasteiger partial charge in [-0.25, -0.2) is 0 Å². The summed E-state index contributed by atoms with van der Waals surface area (Å²) >= 11 is 0. The van der Waals surface area contributed by atoms with Crippen molar-refractivity contribution in [3.05, 3.63) is 30.1 Å². The van der Waals surface area contributed by atoms with Crippen LogP contribution in [0.25, 0.3) is 0 Å². The Kier molecular flexibility index (Phi) is 5.48. The number of pyridine rings is 1. The summed E-state index contributed by atoms with van der Waals surface area (Å²) in [6, 6.07) is 3.76. The van der Waals surface area contributed by atoms with Crippen LogP contribution >= 0.6 is 0 Å². The lowest BCUT2D eigenvalue weighted by Crippen LogP contribution is -2.35. The van der Waals surface area contributed by atoms with Crippen LogP contribution < -0.4 is 5.73 Å². The molecule has 1 rings (SSSR count). The maximum atomic E-state index is 12.1. The summed E-state index contributed by atoms with van der Waals surface area (Å²) < 4.78 is 0. The molecule has 0 bridgehead atoms. The van der Waals surface area contributed by atoms with Crippen LogP contribution in [0.5, 0.6) is 0 Å². The van der Waals surface area contributed by atoms with Gasteiger partial charge in [0.1, 0.15) is 0 Å². The summed E-state index contributed by atoms with van der Waals surface area (Å²) in [5, 5.41) is 0. The summed E-state index contributed by atoms with van der Waals surface area (Å²) in [4.78, 5) is 17.8. The number of aromatic nitrogens is 1. The van der Waals surface area contributed by atoms with Gasteiger partial charge in [0.25, 0.3) is 0 Å². The molecule has 2 N–H and O–H groups in total. The second-order valence-corrected chi connectivity index (χ2v) is 6.34. The number of amides is 1. The Hall–Kier alpha value is -1.42. The van der Waals surface area contributed by atoms with E-state index >= 15 is 0 Å². The lowest BCUT2D eigenvalue weighted by molar-refractivity contribution is -0.130. The molecular weight excluding hydrogens is 238 g/mol. The quantitative estimate of drug-likeness (QED) is 0.886. The SMILES string of the molecule is CN(Cc1cccnc1)C(=O)CC(N)CC(C)(C)C. The van der Waals surface area contributed by atoms with Crippen molar-refractivity contribution in [1.29, 1.82) is 0 Å². The first-order valence-electron chi connectivity index (χ1n) is 6.66. The van der Waals surface area contributed by atoms with Gasteiger partial charge in [0.2, 0.25) is 5.91 Å². The molecule has 0 aliphatic heterocycles. The molecule has 0 aromatic carbocycles. The van der Waals surface area contributed by atoms with Crippen molar-refractivity contribution in [3.8, 4) is 0 Å². The molecule has 0 spiro atoms. The number of hydrogen-bond acceptors (Lipinski definition) is 3. The van der Waals surface area contributed by atoms with Gasteiger partial charge < -0.3 is 10.6 Å². The predicted octanol–water partition coefficient (Wildman–Crippen LogP) is 2.19. The van der Waals surface area contributed by atoms with Gasteiger partial charge in [-0.15, -0.1) is 0 Å². The fraction of sp³-hybridized carbons (Fsp3) is 0.600. The Morgan fingerprint density at radius 3 is 2.68 bits per heavy atom. The molecule has 1 amide bonds. The molecule has 0 fully saturated rings. The molecule has 0 aliphatic carbocycles. The summed E-state index contributed by atoms with van der Waals surface area (Å²) in [6.45, 7) is 6.99. The molecule has 4 heteroatoms. The van der Waals surface area contributed by atoms with Crippen molar-refractivity contribution in [2.45, 2.75) is 46.2 Å². The van der Waals surface area contributed by atoms with E-state index in [1.54, 1.807) is 24.3 Å². The molecule has 1 aromatic rings. The molecule has 4 nitrogen and oxygen atoms in total. The van der Waals surface area contributed by atoms with Crippen molar-refractivity contribution >= 4 is 5.91 Å². The van der Waals surface area contributed by atoms with Gasteiger partial charge >= 0.3 is 0 Å². The molecular formula is C15H25N3O. The number of nitrogens with two attached hydrogens (primary N) is 1. The predicted molar refractivity (Wildman–Crippen MR) is 77.4 cm³/mol. The van der Waals surface area contributed by atoms with Crippen LogP contribution in [0.4, 0.5) is 0 Å². The fourth-order valence-corrected chi connectivity index (χ4v) is 2.09. The fourth-order valence-electron chi connectivity index (χ4n) is 2.09. The van der Waals surface area contributed by atoms with Gasteiger partial charge in [-0.05, 0) is 23.5 Å². The van der Waals surface area contributed by atoms with Crippen molar-refractivity contribution in [2.75, 3.05) is 7.05 Å². The van der Waals surface area contributed by atoms with E-state index in [2.05, 4.69) is 25.8 Å². The van der Waals surface area contributed by atoms with Gasteiger partial charge in [-0.2, -0.15) is 0 Å². The second-order valence-electron chi connectivity index (χ2n) is 6.34. The zero-order valence-electron chi connectivity index (χ0n) is 12.4. The Labute approximate surface area is 116 Å². The van der Waals surface area contributed by atoms with Gasteiger partial charge in [0.05, 0.1) is 0 Å². The highest BCUT2D eigenvalue weighted by Gasteiger charge is 2.19. The van der Waals surface area contributed by atoms with Gasteiger partial charge in [-0.3, -0.25) is 9.78 Å². The summed E-state index contributed by atoms with van der Waals surface area (Å²) in [5.74, 6) is 0.0839. The number of hydrogen-bond donors (Lipinski definition) is 1. The molecule has 0 radical (unpaired) electrons. The van der Waals surface area contributed by atoms with E-state index in [4.69, 9.17) is 5.73 Å². The highest BCUT2D eigenvalue weighted by molar-refractivity contribution is 5.76. The van der Waals surface area contributed by atoms with Crippen molar-refractivity contribution in [3.63, 3.8) is 0 Å². The highest BCUT2D eigenvalue weighted by Crippen LogP contribution is 2.21. The number of carbonyl (C=O) groups is 1. The van der Waals surface area contributed by atoms with Crippen LogP contribution in [-0.4, -0.2) is 28.9 Å². The first-order valence-corrected chi connectivity index (χ1v) is 6.66. The minimum Gasteiger partial charge on any atom is -0.341 e. The third kappa shape index (κ3) is 6.34. The van der Waals surface area contributed by atoms with Gasteiger partial charge in [0, 0.05) is 38.4 Å². The van der Waals surface area contributed by atoms with Crippen molar-refractivity contribution in [2.24, 2.45) is 11.1 Å². The lowest BCUT2D eigenvalue weighted by Gasteiger charge is -2.24.